The molecule has 0 atom stereocenters. The van der Waals surface area contributed by atoms with E-state index in [1.54, 1.807) is 12.1 Å². The second kappa shape index (κ2) is 8.05. The quantitative estimate of drug-likeness (QED) is 0.757. The highest BCUT2D eigenvalue weighted by molar-refractivity contribution is 5.53. The van der Waals surface area contributed by atoms with Gasteiger partial charge in [-0.1, -0.05) is 56.7 Å². The van der Waals surface area contributed by atoms with Crippen molar-refractivity contribution < 1.29 is 8.78 Å². The first-order valence-electron chi connectivity index (χ1n) is 6.81. The van der Waals surface area contributed by atoms with Gasteiger partial charge in [0.15, 0.2) is 0 Å². The van der Waals surface area contributed by atoms with Crippen molar-refractivity contribution in [3.8, 4) is 0 Å². The van der Waals surface area contributed by atoms with E-state index in [2.05, 4.69) is 32.2 Å². The lowest BCUT2D eigenvalue weighted by Gasteiger charge is -2.09. The molecule has 0 aliphatic heterocycles. The number of hydrogen-bond donors (Lipinski definition) is 1. The Morgan fingerprint density at radius 2 is 1.84 bits per heavy atom. The van der Waals surface area contributed by atoms with Gasteiger partial charge in [-0.15, -0.1) is 0 Å². The van der Waals surface area contributed by atoms with E-state index < -0.39 is 6.43 Å². The van der Waals surface area contributed by atoms with Gasteiger partial charge in [0.05, 0.1) is 0 Å². The molecule has 0 unspecified atom stereocenters. The number of benzene rings is 1. The third-order valence-corrected chi connectivity index (χ3v) is 2.92. The van der Waals surface area contributed by atoms with Crippen LogP contribution in [0.2, 0.25) is 0 Å². The summed E-state index contributed by atoms with van der Waals surface area (Å²) >= 11 is 0. The van der Waals surface area contributed by atoms with Crippen LogP contribution in [0.1, 0.15) is 44.7 Å². The minimum atomic E-state index is -2.39. The van der Waals surface area contributed by atoms with Gasteiger partial charge in [0.25, 0.3) is 6.43 Å². The van der Waals surface area contributed by atoms with Crippen LogP contribution in [0.5, 0.6) is 0 Å². The van der Waals surface area contributed by atoms with Crippen molar-refractivity contribution in [1.29, 1.82) is 0 Å². The van der Waals surface area contributed by atoms with Crippen molar-refractivity contribution in [3.05, 3.63) is 41.0 Å². The second-order valence-electron chi connectivity index (χ2n) is 5.15. The van der Waals surface area contributed by atoms with E-state index in [1.807, 2.05) is 0 Å². The SMILES string of the molecule is CC/C(=C/c1ccc(C(F)F)cc1)CNCC(C)C. The van der Waals surface area contributed by atoms with Gasteiger partial charge in [-0.3, -0.25) is 0 Å². The van der Waals surface area contributed by atoms with Gasteiger partial charge in [0, 0.05) is 12.1 Å². The summed E-state index contributed by atoms with van der Waals surface area (Å²) in [5, 5.41) is 3.40. The minimum Gasteiger partial charge on any atom is -0.313 e. The van der Waals surface area contributed by atoms with Crippen molar-refractivity contribution in [1.82, 2.24) is 5.32 Å². The van der Waals surface area contributed by atoms with Crippen LogP contribution in [0.15, 0.2) is 29.8 Å². The summed E-state index contributed by atoms with van der Waals surface area (Å²) in [5.41, 5.74) is 2.34. The largest absolute Gasteiger partial charge is 0.313 e. The molecule has 1 N–H and O–H groups in total. The van der Waals surface area contributed by atoms with Gasteiger partial charge in [0.2, 0.25) is 0 Å². The van der Waals surface area contributed by atoms with Gasteiger partial charge in [0.1, 0.15) is 0 Å². The highest BCUT2D eigenvalue weighted by atomic mass is 19.3. The van der Waals surface area contributed by atoms with Crippen LogP contribution in [0.4, 0.5) is 8.78 Å². The summed E-state index contributed by atoms with van der Waals surface area (Å²) in [6.45, 7) is 8.29. The average molecular weight is 267 g/mol. The number of hydrogen-bond acceptors (Lipinski definition) is 1. The fraction of sp³-hybridized carbons (Fsp3) is 0.500. The molecule has 0 aliphatic carbocycles. The zero-order valence-electron chi connectivity index (χ0n) is 11.9. The van der Waals surface area contributed by atoms with Crippen LogP contribution in [0.3, 0.4) is 0 Å². The molecule has 0 spiro atoms. The molecule has 1 aromatic rings. The van der Waals surface area contributed by atoms with Gasteiger partial charge < -0.3 is 5.32 Å². The van der Waals surface area contributed by atoms with E-state index in [-0.39, 0.29) is 5.56 Å². The molecule has 19 heavy (non-hydrogen) atoms. The molecule has 1 rings (SSSR count). The number of halogens is 2. The van der Waals surface area contributed by atoms with Crippen LogP contribution in [-0.2, 0) is 0 Å². The molecule has 0 heterocycles. The molecule has 0 saturated heterocycles. The molecule has 1 aromatic carbocycles. The maximum Gasteiger partial charge on any atom is 0.263 e. The first-order valence-corrected chi connectivity index (χ1v) is 6.81. The van der Waals surface area contributed by atoms with E-state index in [0.29, 0.717) is 5.92 Å². The Bertz CT molecular complexity index is 394. The first kappa shape index (κ1) is 15.8. The lowest BCUT2D eigenvalue weighted by atomic mass is 10.1. The number of rotatable bonds is 7. The molecule has 0 aliphatic rings. The maximum atomic E-state index is 12.4. The van der Waals surface area contributed by atoms with Crippen LogP contribution in [0, 0.1) is 5.92 Å². The van der Waals surface area contributed by atoms with Gasteiger partial charge in [-0.2, -0.15) is 0 Å². The predicted molar refractivity (Wildman–Crippen MR) is 77.4 cm³/mol. The van der Waals surface area contributed by atoms with Crippen molar-refractivity contribution >= 4 is 6.08 Å². The average Bonchev–Trinajstić information content (AvgIpc) is 2.37. The fourth-order valence-corrected chi connectivity index (χ4v) is 1.77. The van der Waals surface area contributed by atoms with Gasteiger partial charge in [-0.25, -0.2) is 8.78 Å². The van der Waals surface area contributed by atoms with E-state index in [0.717, 1.165) is 25.1 Å². The fourth-order valence-electron chi connectivity index (χ4n) is 1.77. The summed E-state index contributed by atoms with van der Waals surface area (Å²) in [6.07, 6.45) is 0.640. The highest BCUT2D eigenvalue weighted by Crippen LogP contribution is 2.19. The van der Waals surface area contributed by atoms with Gasteiger partial charge >= 0.3 is 0 Å². The monoisotopic (exact) mass is 267 g/mol. The third kappa shape index (κ3) is 5.97. The highest BCUT2D eigenvalue weighted by Gasteiger charge is 2.05. The topological polar surface area (TPSA) is 12.0 Å². The zero-order chi connectivity index (χ0) is 14.3. The predicted octanol–water partition coefficient (Wildman–Crippen LogP) is 4.66. The van der Waals surface area contributed by atoms with Crippen LogP contribution >= 0.6 is 0 Å². The Hall–Kier alpha value is -1.22. The molecule has 0 aromatic heterocycles. The first-order chi connectivity index (χ1) is 9.02. The second-order valence-corrected chi connectivity index (χ2v) is 5.15. The normalized spacial score (nSPS) is 12.5. The van der Waals surface area contributed by atoms with E-state index in [4.69, 9.17) is 0 Å². The molecule has 106 valence electrons. The molecule has 0 bridgehead atoms. The molecular weight excluding hydrogens is 244 g/mol. The molecule has 0 radical (unpaired) electrons. The van der Waals surface area contributed by atoms with Gasteiger partial charge in [-0.05, 0) is 24.4 Å². The third-order valence-electron chi connectivity index (χ3n) is 2.92. The molecular formula is C16H23F2N. The van der Waals surface area contributed by atoms with Crippen LogP contribution in [0.25, 0.3) is 6.08 Å². The maximum absolute atomic E-state index is 12.4. The summed E-state index contributed by atoms with van der Waals surface area (Å²) in [7, 11) is 0. The summed E-state index contributed by atoms with van der Waals surface area (Å²) in [4.78, 5) is 0. The smallest absolute Gasteiger partial charge is 0.263 e. The molecule has 1 nitrogen and oxygen atoms in total. The minimum absolute atomic E-state index is 0.0770. The van der Waals surface area contributed by atoms with Crippen molar-refractivity contribution in [2.24, 2.45) is 5.92 Å². The van der Waals surface area contributed by atoms with Crippen molar-refractivity contribution in [2.45, 2.75) is 33.6 Å². The summed E-state index contributed by atoms with van der Waals surface area (Å²) < 4.78 is 24.9. The Kier molecular flexibility index (Phi) is 6.71. The van der Waals surface area contributed by atoms with E-state index in [1.165, 1.54) is 17.7 Å². The lowest BCUT2D eigenvalue weighted by Crippen LogP contribution is -2.21. The lowest BCUT2D eigenvalue weighted by molar-refractivity contribution is 0.151. The van der Waals surface area contributed by atoms with Crippen molar-refractivity contribution in [2.75, 3.05) is 13.1 Å². The molecule has 3 heteroatoms. The zero-order valence-corrected chi connectivity index (χ0v) is 11.9. The molecule has 0 fully saturated rings. The van der Waals surface area contributed by atoms with Crippen LogP contribution in [-0.4, -0.2) is 13.1 Å². The number of alkyl halides is 2. The standard InChI is InChI=1S/C16H23F2N/c1-4-13(11-19-10-12(2)3)9-14-5-7-15(8-6-14)16(17)18/h5-9,12,16,19H,4,10-11H2,1-3H3/b13-9-. The van der Waals surface area contributed by atoms with Crippen molar-refractivity contribution in [3.63, 3.8) is 0 Å². The summed E-state index contributed by atoms with van der Waals surface area (Å²) in [5.74, 6) is 0.628. The Morgan fingerprint density at radius 3 is 2.32 bits per heavy atom. The van der Waals surface area contributed by atoms with E-state index >= 15 is 0 Å². The Morgan fingerprint density at radius 1 is 1.21 bits per heavy atom. The van der Waals surface area contributed by atoms with E-state index in [9.17, 15) is 8.78 Å². The van der Waals surface area contributed by atoms with Crippen LogP contribution < -0.4 is 5.32 Å². The summed E-state index contributed by atoms with van der Waals surface area (Å²) in [6, 6.07) is 6.48. The Labute approximate surface area is 114 Å². The molecule has 0 amide bonds. The number of nitrogens with one attached hydrogen (secondary N) is 1. The molecule has 0 saturated carbocycles. The Balaban J connectivity index is 2.63.